The van der Waals surface area contributed by atoms with Gasteiger partial charge >= 0.3 is 5.97 Å². The molecule has 4 aliphatic rings. The van der Waals surface area contributed by atoms with Gasteiger partial charge in [0.25, 0.3) is 0 Å². The van der Waals surface area contributed by atoms with Gasteiger partial charge in [-0.05, 0) is 86.0 Å². The first kappa shape index (κ1) is 38.0. The van der Waals surface area contributed by atoms with Crippen molar-refractivity contribution in [1.82, 2.24) is 9.78 Å². The van der Waals surface area contributed by atoms with Crippen LogP contribution in [0.4, 0.5) is 11.5 Å². The predicted octanol–water partition coefficient (Wildman–Crippen LogP) is 7.58. The Morgan fingerprint density at radius 3 is 2.47 bits per heavy atom. The molecule has 0 radical (unpaired) electrons. The van der Waals surface area contributed by atoms with E-state index in [0.29, 0.717) is 26.3 Å². The first-order chi connectivity index (χ1) is 27.6. The molecule has 6 atom stereocenters. The molecule has 3 fully saturated rings. The molecule has 4 heterocycles. The average Bonchev–Trinajstić information content (AvgIpc) is 3.85. The normalized spacial score (nSPS) is 25.3. The fraction of sp³-hybridized carbons (Fsp3) is 0.286. The highest BCUT2D eigenvalue weighted by atomic mass is 79.9. The number of imide groups is 2. The van der Waals surface area contributed by atoms with E-state index in [2.05, 4.69) is 15.9 Å². The van der Waals surface area contributed by atoms with Crippen molar-refractivity contribution in [2.45, 2.75) is 32.6 Å². The topological polar surface area (TPSA) is 180 Å². The SMILES string of the molecule is COc1cc(Br)cc([C@H]2C3=CC[C@@H]4C(=O)N(c5ccc(C(=O)O)c(O)c5)C(=O)[C@@H]4[C@@H]3C[C@H]3C(=O)N(c4cc(-c5sc6ccc(Cl)cc6c5C)nn4C)C(=O)[C@@]23C)c1O. The van der Waals surface area contributed by atoms with Crippen molar-refractivity contribution in [2.75, 3.05) is 16.9 Å². The molecule has 3 aromatic carbocycles. The number of aromatic hydroxyl groups is 2. The lowest BCUT2D eigenvalue weighted by molar-refractivity contribution is -0.131. The Morgan fingerprint density at radius 1 is 1.00 bits per heavy atom. The summed E-state index contributed by atoms with van der Waals surface area (Å²) in [5.41, 5.74) is 0.613. The minimum Gasteiger partial charge on any atom is -0.507 e. The molecule has 9 rings (SSSR count). The summed E-state index contributed by atoms with van der Waals surface area (Å²) in [4.78, 5) is 73.3. The quantitative estimate of drug-likeness (QED) is 0.114. The second-order valence-corrected chi connectivity index (χ2v) is 17.8. The number of aromatic nitrogens is 2. The summed E-state index contributed by atoms with van der Waals surface area (Å²) in [5.74, 6) is -8.38. The summed E-state index contributed by atoms with van der Waals surface area (Å²) in [6.45, 7) is 3.69. The molecule has 16 heteroatoms. The van der Waals surface area contributed by atoms with Crippen LogP contribution in [0.3, 0.4) is 0 Å². The Labute approximate surface area is 348 Å². The zero-order chi connectivity index (χ0) is 41.3. The minimum absolute atomic E-state index is 0.0160. The number of carboxylic acid groups (broad SMARTS) is 1. The molecule has 0 bridgehead atoms. The number of carbonyl (C=O) groups is 5. The van der Waals surface area contributed by atoms with Crippen molar-refractivity contribution in [1.29, 1.82) is 0 Å². The van der Waals surface area contributed by atoms with E-state index >= 15 is 4.79 Å². The van der Waals surface area contributed by atoms with Gasteiger partial charge in [0.2, 0.25) is 23.6 Å². The van der Waals surface area contributed by atoms with Gasteiger partial charge in [0.15, 0.2) is 11.5 Å². The van der Waals surface area contributed by atoms with Gasteiger partial charge in [-0.1, -0.05) is 39.2 Å². The third-order valence-electron chi connectivity index (χ3n) is 12.6. The maximum Gasteiger partial charge on any atom is 0.339 e. The summed E-state index contributed by atoms with van der Waals surface area (Å²) in [6.07, 6.45) is 2.02. The lowest BCUT2D eigenvalue weighted by Crippen LogP contribution is -2.49. The molecule has 2 aliphatic carbocycles. The highest BCUT2D eigenvalue weighted by Crippen LogP contribution is 2.65. The van der Waals surface area contributed by atoms with Crippen molar-refractivity contribution < 1.29 is 44.0 Å². The molecule has 2 aliphatic heterocycles. The number of allylic oxidation sites excluding steroid dienone is 2. The summed E-state index contributed by atoms with van der Waals surface area (Å²) >= 11 is 11.4. The van der Waals surface area contributed by atoms with Crippen LogP contribution < -0.4 is 14.5 Å². The molecular formula is C42H34BrClN4O9S. The smallest absolute Gasteiger partial charge is 0.339 e. The minimum atomic E-state index is -1.48. The zero-order valence-corrected chi connectivity index (χ0v) is 34.5. The van der Waals surface area contributed by atoms with E-state index < -0.39 is 70.4 Å². The van der Waals surface area contributed by atoms with Crippen molar-refractivity contribution in [2.24, 2.45) is 36.1 Å². The third-order valence-corrected chi connectivity index (χ3v) is 14.5. The van der Waals surface area contributed by atoms with E-state index in [9.17, 15) is 34.5 Å². The Balaban J connectivity index is 1.17. The largest absolute Gasteiger partial charge is 0.507 e. The van der Waals surface area contributed by atoms with Crippen LogP contribution in [0.15, 0.2) is 70.7 Å². The molecule has 58 heavy (non-hydrogen) atoms. The van der Waals surface area contributed by atoms with Crippen LogP contribution in [0.2, 0.25) is 5.02 Å². The molecule has 296 valence electrons. The standard InChI is InChI=1S/C42H34BrClN4O9S/c1-17-24-13-19(44)5-10-31(24)58-36(17)28-16-32(46(3)45-28)48-38(52)27-15-25-21(34(42(27,2)41(48)56)26-11-18(43)12-30(57-4)35(26)50)8-9-23-33(25)39(53)47(37(23)51)20-6-7-22(40(54)55)29(49)14-20/h5-8,10-14,16,23,25,27,33-34,49-50H,9,15H2,1-4H3,(H,54,55)/t23-,25+,27-,33-,34+,42+/m0/s1. The van der Waals surface area contributed by atoms with Gasteiger partial charge in [0.05, 0.1) is 40.8 Å². The van der Waals surface area contributed by atoms with Crippen molar-refractivity contribution in [3.8, 4) is 27.8 Å². The maximum atomic E-state index is 15.2. The van der Waals surface area contributed by atoms with E-state index in [1.54, 1.807) is 32.2 Å². The average molecular weight is 886 g/mol. The Morgan fingerprint density at radius 2 is 1.76 bits per heavy atom. The molecule has 0 spiro atoms. The van der Waals surface area contributed by atoms with Crippen LogP contribution >= 0.6 is 38.9 Å². The van der Waals surface area contributed by atoms with E-state index in [0.717, 1.165) is 42.5 Å². The first-order valence-corrected chi connectivity index (χ1v) is 20.4. The number of phenols is 2. The first-order valence-electron chi connectivity index (χ1n) is 18.4. The molecule has 2 saturated heterocycles. The van der Waals surface area contributed by atoms with E-state index in [4.69, 9.17) is 21.4 Å². The molecule has 4 amide bonds. The molecule has 0 unspecified atom stereocenters. The van der Waals surface area contributed by atoms with E-state index in [-0.39, 0.29) is 41.4 Å². The van der Waals surface area contributed by atoms with E-state index in [1.807, 2.05) is 31.2 Å². The summed E-state index contributed by atoms with van der Waals surface area (Å²) in [5, 5.41) is 38.0. The maximum absolute atomic E-state index is 15.2. The van der Waals surface area contributed by atoms with Crippen LogP contribution in [0.25, 0.3) is 20.7 Å². The highest BCUT2D eigenvalue weighted by molar-refractivity contribution is 9.10. The van der Waals surface area contributed by atoms with Crippen LogP contribution in [0.5, 0.6) is 17.2 Å². The number of phenolic OH excluding ortho intramolecular Hbond substituents is 1. The number of aromatic carboxylic acids is 1. The number of carboxylic acids is 1. The zero-order valence-electron chi connectivity index (χ0n) is 31.3. The molecule has 5 aromatic rings. The number of hydrogen-bond acceptors (Lipinski definition) is 10. The number of benzene rings is 3. The van der Waals surface area contributed by atoms with Crippen LogP contribution in [0, 0.1) is 36.0 Å². The van der Waals surface area contributed by atoms with Gasteiger partial charge in [-0.3, -0.25) is 23.9 Å². The number of halogens is 2. The van der Waals surface area contributed by atoms with Gasteiger partial charge in [-0.2, -0.15) is 5.10 Å². The number of hydrogen-bond donors (Lipinski definition) is 3. The fourth-order valence-electron chi connectivity index (χ4n) is 9.86. The predicted molar refractivity (Wildman–Crippen MR) is 218 cm³/mol. The lowest BCUT2D eigenvalue weighted by Gasteiger charge is -2.49. The van der Waals surface area contributed by atoms with Crippen molar-refractivity contribution in [3.05, 3.63) is 92.4 Å². The third kappa shape index (κ3) is 5.25. The van der Waals surface area contributed by atoms with Gasteiger partial charge in [0, 0.05) is 44.9 Å². The second-order valence-electron chi connectivity index (χ2n) is 15.4. The highest BCUT2D eigenvalue weighted by Gasteiger charge is 2.68. The Kier molecular flexibility index (Phi) is 8.70. The van der Waals surface area contributed by atoms with Crippen LogP contribution in [-0.4, -0.2) is 61.8 Å². The van der Waals surface area contributed by atoms with Crippen LogP contribution in [-0.2, 0) is 26.2 Å². The van der Waals surface area contributed by atoms with Gasteiger partial charge in [0.1, 0.15) is 22.8 Å². The summed E-state index contributed by atoms with van der Waals surface area (Å²) < 4.78 is 8.58. The summed E-state index contributed by atoms with van der Waals surface area (Å²) in [7, 11) is 3.07. The number of nitrogens with zero attached hydrogens (tertiary/aromatic N) is 4. The van der Waals surface area contributed by atoms with Gasteiger partial charge < -0.3 is 20.1 Å². The van der Waals surface area contributed by atoms with Crippen LogP contribution in [0.1, 0.15) is 47.2 Å². The van der Waals surface area contributed by atoms with E-state index in [1.165, 1.54) is 29.2 Å². The number of methoxy groups -OCH3 is 1. The number of thiophene rings is 1. The molecule has 2 aromatic heterocycles. The lowest BCUT2D eigenvalue weighted by atomic mass is 9.51. The number of carbonyl (C=O) groups excluding carboxylic acids is 4. The number of anilines is 2. The second kappa shape index (κ2) is 13.3. The van der Waals surface area contributed by atoms with Gasteiger partial charge in [-0.25, -0.2) is 14.6 Å². The number of rotatable bonds is 6. The monoisotopic (exact) mass is 884 g/mol. The summed E-state index contributed by atoms with van der Waals surface area (Å²) in [6, 6.07) is 14.1. The van der Waals surface area contributed by atoms with Crippen molar-refractivity contribution >= 4 is 90.1 Å². The molecule has 1 saturated carbocycles. The number of amides is 4. The Bertz CT molecular complexity index is 2740. The number of aryl methyl sites for hydroxylation is 2. The fourth-order valence-corrected chi connectivity index (χ4v) is 11.6. The van der Waals surface area contributed by atoms with Crippen molar-refractivity contribution in [3.63, 3.8) is 0 Å². The number of ether oxygens (including phenoxy) is 1. The number of fused-ring (bicyclic) bond motifs is 5. The molecular weight excluding hydrogens is 852 g/mol. The van der Waals surface area contributed by atoms with Gasteiger partial charge in [-0.15, -0.1) is 11.3 Å². The Hall–Kier alpha value is -5.51. The molecule has 13 nitrogen and oxygen atoms in total. The molecule has 3 N–H and O–H groups in total.